The second-order valence-corrected chi connectivity index (χ2v) is 6.65. The number of rotatable bonds is 9. The second kappa shape index (κ2) is 9.93. The highest BCUT2D eigenvalue weighted by atomic mass is 79.9. The quantitative estimate of drug-likeness (QED) is 0.452. The van der Waals surface area contributed by atoms with Crippen LogP contribution in [0.4, 0.5) is 17.1 Å². The predicted octanol–water partition coefficient (Wildman–Crippen LogP) is 4.23. The summed E-state index contributed by atoms with van der Waals surface area (Å²) in [5.74, 6) is 0.379. The summed E-state index contributed by atoms with van der Waals surface area (Å²) in [5.41, 5.74) is 0.722. The zero-order valence-electron chi connectivity index (χ0n) is 15.9. The highest BCUT2D eigenvalue weighted by Crippen LogP contribution is 2.39. The average Bonchev–Trinajstić information content (AvgIpc) is 2.64. The van der Waals surface area contributed by atoms with E-state index in [1.54, 1.807) is 26.1 Å². The molecule has 1 N–H and O–H groups in total. The average molecular weight is 452 g/mol. The fraction of sp³-hybridized carbons (Fsp3) is 0.316. The van der Waals surface area contributed by atoms with Gasteiger partial charge >= 0.3 is 0 Å². The Morgan fingerprint density at radius 2 is 1.79 bits per heavy atom. The number of benzene rings is 2. The van der Waals surface area contributed by atoms with E-state index < -0.39 is 4.92 Å². The SMILES string of the molecule is CCOc1cc(N(C)CC(=O)Nc2ccccc2Br)c([N+](=O)[O-])cc1OCC. The fourth-order valence-electron chi connectivity index (χ4n) is 2.58. The number of hydrogen-bond acceptors (Lipinski definition) is 6. The molecule has 0 heterocycles. The van der Waals surface area contributed by atoms with Crippen molar-refractivity contribution in [1.82, 2.24) is 0 Å². The Morgan fingerprint density at radius 3 is 2.36 bits per heavy atom. The van der Waals surface area contributed by atoms with Crippen LogP contribution in [0.2, 0.25) is 0 Å². The Kier molecular flexibility index (Phi) is 7.62. The van der Waals surface area contributed by atoms with Crippen LogP contribution >= 0.6 is 15.9 Å². The van der Waals surface area contributed by atoms with Crippen molar-refractivity contribution in [3.05, 3.63) is 51.0 Å². The maximum absolute atomic E-state index is 12.4. The van der Waals surface area contributed by atoms with Gasteiger partial charge in [-0.1, -0.05) is 12.1 Å². The number of nitro groups is 1. The fourth-order valence-corrected chi connectivity index (χ4v) is 2.96. The summed E-state index contributed by atoms with van der Waals surface area (Å²) in [7, 11) is 1.61. The van der Waals surface area contributed by atoms with Crippen LogP contribution in [0.1, 0.15) is 13.8 Å². The summed E-state index contributed by atoms with van der Waals surface area (Å²) in [6, 6.07) is 10.1. The Labute approximate surface area is 171 Å². The summed E-state index contributed by atoms with van der Waals surface area (Å²) < 4.78 is 11.8. The number of ether oxygens (including phenoxy) is 2. The molecule has 0 aliphatic rings. The van der Waals surface area contributed by atoms with Gasteiger partial charge in [-0.25, -0.2) is 0 Å². The zero-order chi connectivity index (χ0) is 20.7. The molecule has 8 nitrogen and oxygen atoms in total. The van der Waals surface area contributed by atoms with Crippen LogP contribution in [-0.4, -0.2) is 37.6 Å². The monoisotopic (exact) mass is 451 g/mol. The first-order valence-corrected chi connectivity index (χ1v) is 9.50. The molecule has 0 fully saturated rings. The van der Waals surface area contributed by atoms with E-state index in [1.165, 1.54) is 17.0 Å². The van der Waals surface area contributed by atoms with E-state index >= 15 is 0 Å². The topological polar surface area (TPSA) is 93.9 Å². The number of halogens is 1. The van der Waals surface area contributed by atoms with Gasteiger partial charge in [0.1, 0.15) is 5.69 Å². The third-order valence-electron chi connectivity index (χ3n) is 3.78. The van der Waals surface area contributed by atoms with E-state index in [-0.39, 0.29) is 23.8 Å². The van der Waals surface area contributed by atoms with Gasteiger partial charge in [-0.15, -0.1) is 0 Å². The minimum absolute atomic E-state index is 0.0816. The number of nitro benzene ring substituents is 1. The van der Waals surface area contributed by atoms with Crippen LogP contribution in [0.15, 0.2) is 40.9 Å². The normalized spacial score (nSPS) is 10.3. The smallest absolute Gasteiger partial charge is 0.296 e. The lowest BCUT2D eigenvalue weighted by atomic mass is 10.2. The van der Waals surface area contributed by atoms with Crippen molar-refractivity contribution in [3.8, 4) is 11.5 Å². The third kappa shape index (κ3) is 5.35. The summed E-state index contributed by atoms with van der Waals surface area (Å²) in [5, 5.41) is 14.3. The lowest BCUT2D eigenvalue weighted by Gasteiger charge is -2.21. The van der Waals surface area contributed by atoms with Crippen molar-refractivity contribution in [2.45, 2.75) is 13.8 Å². The molecule has 0 saturated heterocycles. The van der Waals surface area contributed by atoms with Crippen molar-refractivity contribution in [1.29, 1.82) is 0 Å². The molecule has 0 aliphatic heterocycles. The number of para-hydroxylation sites is 1. The van der Waals surface area contributed by atoms with Crippen molar-refractivity contribution in [3.63, 3.8) is 0 Å². The van der Waals surface area contributed by atoms with E-state index in [0.29, 0.717) is 30.4 Å². The third-order valence-corrected chi connectivity index (χ3v) is 4.47. The molecule has 2 rings (SSSR count). The second-order valence-electron chi connectivity index (χ2n) is 5.79. The molecule has 9 heteroatoms. The van der Waals surface area contributed by atoms with Crippen molar-refractivity contribution < 1.29 is 19.2 Å². The number of carbonyl (C=O) groups is 1. The minimum atomic E-state index is -0.504. The van der Waals surface area contributed by atoms with Crippen LogP contribution in [0.25, 0.3) is 0 Å². The van der Waals surface area contributed by atoms with Crippen LogP contribution in [0.3, 0.4) is 0 Å². The molecule has 150 valence electrons. The number of amides is 1. The molecule has 28 heavy (non-hydrogen) atoms. The molecule has 0 atom stereocenters. The Morgan fingerprint density at radius 1 is 1.18 bits per heavy atom. The first kappa shape index (κ1) is 21.5. The van der Waals surface area contributed by atoms with Crippen molar-refractivity contribution in [2.75, 3.05) is 37.0 Å². The van der Waals surface area contributed by atoms with Gasteiger partial charge in [0.2, 0.25) is 5.91 Å². The minimum Gasteiger partial charge on any atom is -0.490 e. The highest BCUT2D eigenvalue weighted by Gasteiger charge is 2.24. The molecule has 1 amide bonds. The summed E-state index contributed by atoms with van der Waals surface area (Å²) in [4.78, 5) is 25.0. The molecule has 0 saturated carbocycles. The Hall–Kier alpha value is -2.81. The van der Waals surface area contributed by atoms with Gasteiger partial charge < -0.3 is 19.7 Å². The lowest BCUT2D eigenvalue weighted by molar-refractivity contribution is -0.384. The number of likely N-dealkylation sites (N-methyl/N-ethyl adjacent to an activating group) is 1. The number of nitrogens with one attached hydrogen (secondary N) is 1. The van der Waals surface area contributed by atoms with E-state index in [4.69, 9.17) is 9.47 Å². The van der Waals surface area contributed by atoms with Crippen molar-refractivity contribution in [2.24, 2.45) is 0 Å². The maximum Gasteiger partial charge on any atom is 0.296 e. The number of hydrogen-bond donors (Lipinski definition) is 1. The number of anilines is 2. The Balaban J connectivity index is 2.28. The number of nitrogens with zero attached hydrogens (tertiary/aromatic N) is 2. The molecular formula is C19H22BrN3O5. The summed E-state index contributed by atoms with van der Waals surface area (Å²) >= 11 is 3.37. The van der Waals surface area contributed by atoms with Gasteiger partial charge in [0.05, 0.1) is 36.4 Å². The van der Waals surface area contributed by atoms with Crippen LogP contribution in [-0.2, 0) is 4.79 Å². The van der Waals surface area contributed by atoms with Gasteiger partial charge in [-0.05, 0) is 41.9 Å². The maximum atomic E-state index is 12.4. The largest absolute Gasteiger partial charge is 0.490 e. The molecule has 2 aromatic rings. The molecule has 0 aromatic heterocycles. The molecular weight excluding hydrogens is 430 g/mol. The van der Waals surface area contributed by atoms with Gasteiger partial charge in [0.25, 0.3) is 5.69 Å². The van der Waals surface area contributed by atoms with E-state index in [1.807, 2.05) is 19.1 Å². The molecule has 0 radical (unpaired) electrons. The first-order valence-electron chi connectivity index (χ1n) is 8.70. The zero-order valence-corrected chi connectivity index (χ0v) is 17.5. The first-order chi connectivity index (χ1) is 13.4. The van der Waals surface area contributed by atoms with E-state index in [0.717, 1.165) is 4.47 Å². The Bertz CT molecular complexity index is 859. The standard InChI is InChI=1S/C19H22BrN3O5/c1-4-27-17-10-15(16(23(25)26)11-18(17)28-5-2)22(3)12-19(24)21-14-9-7-6-8-13(14)20/h6-11H,4-5,12H2,1-3H3,(H,21,24). The van der Waals surface area contributed by atoms with Gasteiger partial charge in [-0.3, -0.25) is 14.9 Å². The summed E-state index contributed by atoms with van der Waals surface area (Å²) in [6.45, 7) is 4.24. The van der Waals surface area contributed by atoms with Gasteiger partial charge in [-0.2, -0.15) is 0 Å². The van der Waals surface area contributed by atoms with Crippen LogP contribution in [0.5, 0.6) is 11.5 Å². The lowest BCUT2D eigenvalue weighted by Crippen LogP contribution is -2.30. The van der Waals surface area contributed by atoms with Crippen LogP contribution < -0.4 is 19.7 Å². The van der Waals surface area contributed by atoms with Crippen LogP contribution in [0, 0.1) is 10.1 Å². The van der Waals surface area contributed by atoms with E-state index in [9.17, 15) is 14.9 Å². The van der Waals surface area contributed by atoms with Gasteiger partial charge in [0.15, 0.2) is 11.5 Å². The predicted molar refractivity (Wildman–Crippen MR) is 111 cm³/mol. The molecule has 2 aromatic carbocycles. The molecule has 0 bridgehead atoms. The molecule has 0 spiro atoms. The highest BCUT2D eigenvalue weighted by molar-refractivity contribution is 9.10. The summed E-state index contributed by atoms with van der Waals surface area (Å²) in [6.07, 6.45) is 0. The van der Waals surface area contributed by atoms with Crippen molar-refractivity contribution >= 4 is 38.9 Å². The molecule has 0 aliphatic carbocycles. The van der Waals surface area contributed by atoms with Gasteiger partial charge in [0, 0.05) is 17.6 Å². The van der Waals surface area contributed by atoms with E-state index in [2.05, 4.69) is 21.2 Å². The number of carbonyl (C=O) groups excluding carboxylic acids is 1. The molecule has 0 unspecified atom stereocenters.